The molecule has 13 heavy (non-hydrogen) atoms. The van der Waals surface area contributed by atoms with Crippen LogP contribution in [0.4, 0.5) is 0 Å². The minimum atomic E-state index is -0.286. The maximum absolute atomic E-state index is 9.09. The van der Waals surface area contributed by atoms with E-state index in [-0.39, 0.29) is 6.10 Å². The van der Waals surface area contributed by atoms with E-state index in [0.29, 0.717) is 12.6 Å². The first-order valence-electron chi connectivity index (χ1n) is 4.26. The van der Waals surface area contributed by atoms with Gasteiger partial charge in [0, 0.05) is 17.5 Å². The van der Waals surface area contributed by atoms with Crippen LogP contribution >= 0.6 is 27.3 Å². The van der Waals surface area contributed by atoms with E-state index in [1.165, 1.54) is 4.88 Å². The van der Waals surface area contributed by atoms with Gasteiger partial charge in [0.15, 0.2) is 0 Å². The minimum Gasteiger partial charge on any atom is -0.392 e. The van der Waals surface area contributed by atoms with Crippen molar-refractivity contribution in [2.45, 2.75) is 26.0 Å². The molecular formula is C9H14BrNOS. The molecule has 0 saturated heterocycles. The monoisotopic (exact) mass is 263 g/mol. The van der Waals surface area contributed by atoms with Crippen molar-refractivity contribution in [2.24, 2.45) is 0 Å². The van der Waals surface area contributed by atoms with Crippen LogP contribution in [0.3, 0.4) is 0 Å². The molecule has 0 aliphatic heterocycles. The van der Waals surface area contributed by atoms with Crippen LogP contribution in [0.1, 0.15) is 24.8 Å². The molecule has 1 aromatic rings. The number of halogens is 1. The molecule has 4 heteroatoms. The fourth-order valence-corrected chi connectivity index (χ4v) is 2.46. The van der Waals surface area contributed by atoms with E-state index in [9.17, 15) is 0 Å². The van der Waals surface area contributed by atoms with Crippen LogP contribution in [0.25, 0.3) is 0 Å². The summed E-state index contributed by atoms with van der Waals surface area (Å²) in [6, 6.07) is 4.44. The summed E-state index contributed by atoms with van der Waals surface area (Å²) in [7, 11) is 0. The molecule has 0 aliphatic rings. The Kier molecular flexibility index (Phi) is 4.38. The second-order valence-electron chi connectivity index (χ2n) is 3.12. The molecule has 1 aromatic heterocycles. The smallest absolute Gasteiger partial charge is 0.0701 e. The Labute approximate surface area is 91.1 Å². The summed E-state index contributed by atoms with van der Waals surface area (Å²) in [5.74, 6) is 0. The van der Waals surface area contributed by atoms with E-state index in [2.05, 4.69) is 34.2 Å². The molecule has 0 radical (unpaired) electrons. The number of hydrogen-bond donors (Lipinski definition) is 2. The predicted octanol–water partition coefficient (Wildman–Crippen LogP) is 2.54. The highest BCUT2D eigenvalue weighted by molar-refractivity contribution is 9.11. The second-order valence-corrected chi connectivity index (χ2v) is 5.62. The van der Waals surface area contributed by atoms with Crippen LogP contribution in [0.2, 0.25) is 0 Å². The first kappa shape index (κ1) is 11.2. The topological polar surface area (TPSA) is 32.3 Å². The van der Waals surface area contributed by atoms with Crippen LogP contribution in [-0.2, 0) is 0 Å². The first-order chi connectivity index (χ1) is 6.09. The molecule has 2 atom stereocenters. The zero-order valence-corrected chi connectivity index (χ0v) is 10.2. The highest BCUT2D eigenvalue weighted by Gasteiger charge is 2.07. The summed E-state index contributed by atoms with van der Waals surface area (Å²) in [6.07, 6.45) is -0.286. The molecule has 1 rings (SSSR count). The summed E-state index contributed by atoms with van der Waals surface area (Å²) >= 11 is 5.14. The zero-order chi connectivity index (χ0) is 9.84. The maximum Gasteiger partial charge on any atom is 0.0701 e. The van der Waals surface area contributed by atoms with Gasteiger partial charge in [-0.3, -0.25) is 0 Å². The Hall–Kier alpha value is 0.1000. The quantitative estimate of drug-likeness (QED) is 0.876. The largest absolute Gasteiger partial charge is 0.392 e. The molecule has 0 bridgehead atoms. The lowest BCUT2D eigenvalue weighted by molar-refractivity contribution is 0.187. The second kappa shape index (κ2) is 5.10. The average molecular weight is 264 g/mol. The summed E-state index contributed by atoms with van der Waals surface area (Å²) in [5, 5.41) is 12.3. The highest BCUT2D eigenvalue weighted by atomic mass is 79.9. The van der Waals surface area contributed by atoms with Gasteiger partial charge in [-0.15, -0.1) is 11.3 Å². The van der Waals surface area contributed by atoms with Crippen LogP contribution in [0.15, 0.2) is 15.9 Å². The molecule has 74 valence electrons. The van der Waals surface area contributed by atoms with Crippen molar-refractivity contribution in [3.8, 4) is 0 Å². The molecule has 0 aliphatic carbocycles. The Balaban J connectivity index is 2.44. The Morgan fingerprint density at radius 3 is 2.69 bits per heavy atom. The van der Waals surface area contributed by atoms with E-state index in [4.69, 9.17) is 5.11 Å². The third-order valence-electron chi connectivity index (χ3n) is 1.74. The van der Waals surface area contributed by atoms with Crippen molar-refractivity contribution >= 4 is 27.3 Å². The number of rotatable bonds is 4. The van der Waals surface area contributed by atoms with Crippen molar-refractivity contribution in [1.29, 1.82) is 0 Å². The molecule has 0 fully saturated rings. The minimum absolute atomic E-state index is 0.286. The molecule has 2 nitrogen and oxygen atoms in total. The maximum atomic E-state index is 9.09. The van der Waals surface area contributed by atoms with Crippen LogP contribution < -0.4 is 5.32 Å². The van der Waals surface area contributed by atoms with E-state index < -0.39 is 0 Å². The van der Waals surface area contributed by atoms with E-state index >= 15 is 0 Å². The van der Waals surface area contributed by atoms with Crippen molar-refractivity contribution in [3.63, 3.8) is 0 Å². The zero-order valence-electron chi connectivity index (χ0n) is 7.75. The van der Waals surface area contributed by atoms with E-state index in [0.717, 1.165) is 3.79 Å². The third-order valence-corrected chi connectivity index (χ3v) is 3.55. The number of thiophene rings is 1. The predicted molar refractivity (Wildman–Crippen MR) is 60.1 cm³/mol. The lowest BCUT2D eigenvalue weighted by Gasteiger charge is -2.13. The van der Waals surface area contributed by atoms with Crippen molar-refractivity contribution in [2.75, 3.05) is 6.54 Å². The van der Waals surface area contributed by atoms with Crippen molar-refractivity contribution in [1.82, 2.24) is 5.32 Å². The van der Waals surface area contributed by atoms with Crippen molar-refractivity contribution in [3.05, 3.63) is 20.8 Å². The third kappa shape index (κ3) is 3.77. The fraction of sp³-hybridized carbons (Fsp3) is 0.556. The van der Waals surface area contributed by atoms with Gasteiger partial charge in [-0.05, 0) is 41.9 Å². The first-order valence-corrected chi connectivity index (χ1v) is 5.87. The summed E-state index contributed by atoms with van der Waals surface area (Å²) in [4.78, 5) is 1.28. The van der Waals surface area contributed by atoms with Gasteiger partial charge in [0.25, 0.3) is 0 Å². The Morgan fingerprint density at radius 2 is 2.23 bits per heavy atom. The molecule has 0 aromatic carbocycles. The standard InChI is InChI=1S/C9H14BrNOS/c1-6(12)5-11-7(2)8-3-4-9(10)13-8/h3-4,6-7,11-12H,5H2,1-2H3. The lowest BCUT2D eigenvalue weighted by atomic mass is 10.2. The van der Waals surface area contributed by atoms with E-state index in [1.54, 1.807) is 18.3 Å². The summed E-state index contributed by atoms with van der Waals surface area (Å²) < 4.78 is 1.15. The molecule has 0 spiro atoms. The lowest BCUT2D eigenvalue weighted by Crippen LogP contribution is -2.26. The van der Waals surface area contributed by atoms with Gasteiger partial charge < -0.3 is 10.4 Å². The average Bonchev–Trinajstić information content (AvgIpc) is 2.47. The molecular weight excluding hydrogens is 250 g/mol. The molecule has 1 heterocycles. The van der Waals surface area contributed by atoms with Crippen LogP contribution in [-0.4, -0.2) is 17.8 Å². The van der Waals surface area contributed by atoms with E-state index in [1.807, 2.05) is 6.07 Å². The van der Waals surface area contributed by atoms with Gasteiger partial charge >= 0.3 is 0 Å². The van der Waals surface area contributed by atoms with Crippen LogP contribution in [0.5, 0.6) is 0 Å². The molecule has 2 N–H and O–H groups in total. The number of aliphatic hydroxyl groups is 1. The van der Waals surface area contributed by atoms with Gasteiger partial charge in [0.05, 0.1) is 9.89 Å². The van der Waals surface area contributed by atoms with Gasteiger partial charge in [0.1, 0.15) is 0 Å². The highest BCUT2D eigenvalue weighted by Crippen LogP contribution is 2.26. The molecule has 2 unspecified atom stereocenters. The van der Waals surface area contributed by atoms with Gasteiger partial charge in [-0.25, -0.2) is 0 Å². The van der Waals surface area contributed by atoms with Gasteiger partial charge in [-0.1, -0.05) is 0 Å². The SMILES string of the molecule is CC(O)CNC(C)c1ccc(Br)s1. The normalized spacial score (nSPS) is 15.7. The molecule has 0 amide bonds. The van der Waals surface area contributed by atoms with Crippen LogP contribution in [0, 0.1) is 0 Å². The van der Waals surface area contributed by atoms with Gasteiger partial charge in [0.2, 0.25) is 0 Å². The molecule has 0 saturated carbocycles. The summed E-state index contributed by atoms with van der Waals surface area (Å²) in [5.41, 5.74) is 0. The Morgan fingerprint density at radius 1 is 1.54 bits per heavy atom. The number of aliphatic hydroxyl groups excluding tert-OH is 1. The fourth-order valence-electron chi connectivity index (χ4n) is 1.01. The van der Waals surface area contributed by atoms with Crippen molar-refractivity contribution < 1.29 is 5.11 Å². The summed E-state index contributed by atoms with van der Waals surface area (Å²) in [6.45, 7) is 4.52. The Bertz CT molecular complexity index is 262. The number of hydrogen-bond acceptors (Lipinski definition) is 3. The number of nitrogens with one attached hydrogen (secondary N) is 1. The van der Waals surface area contributed by atoms with Gasteiger partial charge in [-0.2, -0.15) is 0 Å².